The molecule has 3 rings (SSSR count). The van der Waals surface area contributed by atoms with Crippen molar-refractivity contribution >= 4 is 17.4 Å². The molecule has 78 valence electrons. The fourth-order valence-electron chi connectivity index (χ4n) is 1.77. The van der Waals surface area contributed by atoms with Crippen LogP contribution in [0.2, 0.25) is 0 Å². The van der Waals surface area contributed by atoms with Crippen molar-refractivity contribution in [2.75, 3.05) is 18.0 Å². The highest BCUT2D eigenvalue weighted by Crippen LogP contribution is 2.25. The molecular formula is C10H11N3OS. The second-order valence-electron chi connectivity index (χ2n) is 3.55. The molecule has 2 aromatic rings. The Morgan fingerprint density at radius 3 is 2.93 bits per heavy atom. The highest BCUT2D eigenvalue weighted by atomic mass is 32.1. The topological polar surface area (TPSA) is 42.2 Å². The number of thiazole rings is 1. The molecule has 0 amide bonds. The van der Waals surface area contributed by atoms with E-state index < -0.39 is 0 Å². The first-order valence-electron chi connectivity index (χ1n) is 5.04. The van der Waals surface area contributed by atoms with Gasteiger partial charge in [-0.15, -0.1) is 11.3 Å². The number of oxazole rings is 1. The Morgan fingerprint density at radius 1 is 1.33 bits per heavy atom. The molecule has 3 heterocycles. The molecule has 0 bridgehead atoms. The molecular weight excluding hydrogens is 210 g/mol. The van der Waals surface area contributed by atoms with E-state index in [0.717, 1.165) is 29.8 Å². The van der Waals surface area contributed by atoms with Crippen LogP contribution in [-0.2, 0) is 0 Å². The lowest BCUT2D eigenvalue weighted by Gasteiger charge is -2.10. The van der Waals surface area contributed by atoms with E-state index in [-0.39, 0.29) is 0 Å². The van der Waals surface area contributed by atoms with Crippen LogP contribution in [-0.4, -0.2) is 23.1 Å². The number of nitrogens with zero attached hydrogens (tertiary/aromatic N) is 3. The van der Waals surface area contributed by atoms with Crippen LogP contribution in [0, 0.1) is 0 Å². The number of aromatic nitrogens is 2. The maximum absolute atomic E-state index is 5.45. The van der Waals surface area contributed by atoms with Gasteiger partial charge in [-0.05, 0) is 12.8 Å². The van der Waals surface area contributed by atoms with E-state index in [0.29, 0.717) is 0 Å². The van der Waals surface area contributed by atoms with Gasteiger partial charge in [0.25, 0.3) is 6.01 Å². The SMILES string of the molecule is c1csc(-c2coc(N3CCCC3)n2)n1. The molecule has 0 unspecified atom stereocenters. The number of rotatable bonds is 2. The summed E-state index contributed by atoms with van der Waals surface area (Å²) in [6, 6.07) is 0.734. The van der Waals surface area contributed by atoms with Gasteiger partial charge in [0.15, 0.2) is 0 Å². The van der Waals surface area contributed by atoms with Crippen LogP contribution in [0.1, 0.15) is 12.8 Å². The third kappa shape index (κ3) is 1.63. The third-order valence-corrected chi connectivity index (χ3v) is 3.32. The zero-order valence-electron chi connectivity index (χ0n) is 8.22. The van der Waals surface area contributed by atoms with E-state index in [1.807, 2.05) is 5.38 Å². The van der Waals surface area contributed by atoms with Crippen LogP contribution in [0.15, 0.2) is 22.3 Å². The van der Waals surface area contributed by atoms with Gasteiger partial charge in [-0.3, -0.25) is 0 Å². The van der Waals surface area contributed by atoms with Crippen molar-refractivity contribution < 1.29 is 4.42 Å². The fourth-order valence-corrected chi connectivity index (χ4v) is 2.35. The quantitative estimate of drug-likeness (QED) is 0.781. The van der Waals surface area contributed by atoms with Crippen molar-refractivity contribution in [3.63, 3.8) is 0 Å². The molecule has 15 heavy (non-hydrogen) atoms. The maximum atomic E-state index is 5.45. The zero-order valence-corrected chi connectivity index (χ0v) is 9.04. The van der Waals surface area contributed by atoms with Gasteiger partial charge in [0.05, 0.1) is 0 Å². The molecule has 2 aromatic heterocycles. The average molecular weight is 221 g/mol. The molecule has 1 aliphatic heterocycles. The van der Waals surface area contributed by atoms with Crippen LogP contribution in [0.3, 0.4) is 0 Å². The van der Waals surface area contributed by atoms with Gasteiger partial charge in [0.1, 0.15) is 17.0 Å². The van der Waals surface area contributed by atoms with Gasteiger partial charge in [-0.25, -0.2) is 4.98 Å². The molecule has 1 aliphatic rings. The van der Waals surface area contributed by atoms with E-state index in [1.54, 1.807) is 23.8 Å². The second kappa shape index (κ2) is 3.66. The number of anilines is 1. The lowest BCUT2D eigenvalue weighted by molar-refractivity contribution is 0.547. The summed E-state index contributed by atoms with van der Waals surface area (Å²) in [6.45, 7) is 2.11. The number of hydrogen-bond acceptors (Lipinski definition) is 5. The second-order valence-corrected chi connectivity index (χ2v) is 4.44. The molecule has 1 fully saturated rings. The summed E-state index contributed by atoms with van der Waals surface area (Å²) in [5.41, 5.74) is 0.840. The van der Waals surface area contributed by atoms with Crippen LogP contribution < -0.4 is 4.90 Å². The van der Waals surface area contributed by atoms with Crippen molar-refractivity contribution in [2.24, 2.45) is 0 Å². The first kappa shape index (κ1) is 8.91. The van der Waals surface area contributed by atoms with Crippen molar-refractivity contribution in [1.82, 2.24) is 9.97 Å². The monoisotopic (exact) mass is 221 g/mol. The Hall–Kier alpha value is -1.36. The number of hydrogen-bond donors (Lipinski definition) is 0. The summed E-state index contributed by atoms with van der Waals surface area (Å²) >= 11 is 1.58. The summed E-state index contributed by atoms with van der Waals surface area (Å²) < 4.78 is 5.45. The van der Waals surface area contributed by atoms with Crippen LogP contribution in [0.25, 0.3) is 10.7 Å². The van der Waals surface area contributed by atoms with Crippen molar-refractivity contribution in [1.29, 1.82) is 0 Å². The standard InChI is InChI=1S/C10H11N3OS/c1-2-5-13(4-1)10-12-8(7-14-10)9-11-3-6-15-9/h3,6-7H,1-2,4-5H2. The van der Waals surface area contributed by atoms with Crippen LogP contribution >= 0.6 is 11.3 Å². The maximum Gasteiger partial charge on any atom is 0.297 e. The first-order valence-corrected chi connectivity index (χ1v) is 5.92. The predicted molar refractivity (Wildman–Crippen MR) is 59.1 cm³/mol. The molecule has 0 spiro atoms. The summed E-state index contributed by atoms with van der Waals surface area (Å²) in [5, 5.41) is 2.86. The smallest absolute Gasteiger partial charge is 0.297 e. The Kier molecular flexibility index (Phi) is 2.17. The van der Waals surface area contributed by atoms with E-state index in [1.165, 1.54) is 12.8 Å². The van der Waals surface area contributed by atoms with Crippen molar-refractivity contribution in [3.8, 4) is 10.7 Å². The largest absolute Gasteiger partial charge is 0.431 e. The molecule has 0 saturated carbocycles. The summed E-state index contributed by atoms with van der Waals surface area (Å²) in [6.07, 6.45) is 5.93. The third-order valence-electron chi connectivity index (χ3n) is 2.52. The lowest BCUT2D eigenvalue weighted by atomic mass is 10.4. The van der Waals surface area contributed by atoms with Gasteiger partial charge < -0.3 is 9.32 Å². The molecule has 4 nitrogen and oxygen atoms in total. The molecule has 0 N–H and O–H groups in total. The Bertz CT molecular complexity index is 431. The van der Waals surface area contributed by atoms with Crippen LogP contribution in [0.5, 0.6) is 0 Å². The Labute approximate surface area is 91.6 Å². The highest BCUT2D eigenvalue weighted by Gasteiger charge is 2.18. The normalized spacial score (nSPS) is 16.1. The molecule has 0 aromatic carbocycles. The Morgan fingerprint density at radius 2 is 2.20 bits per heavy atom. The molecule has 1 saturated heterocycles. The highest BCUT2D eigenvalue weighted by molar-refractivity contribution is 7.13. The zero-order chi connectivity index (χ0) is 10.1. The summed E-state index contributed by atoms with van der Waals surface area (Å²) in [5.74, 6) is 0. The summed E-state index contributed by atoms with van der Waals surface area (Å²) in [7, 11) is 0. The van der Waals surface area contributed by atoms with Crippen LogP contribution in [0.4, 0.5) is 6.01 Å². The Balaban J connectivity index is 1.87. The van der Waals surface area contributed by atoms with Crippen molar-refractivity contribution in [2.45, 2.75) is 12.8 Å². The molecule has 5 heteroatoms. The lowest BCUT2D eigenvalue weighted by Crippen LogP contribution is -2.17. The van der Waals surface area contributed by atoms with Crippen molar-refractivity contribution in [3.05, 3.63) is 17.8 Å². The van der Waals surface area contributed by atoms with E-state index in [4.69, 9.17) is 4.42 Å². The average Bonchev–Trinajstić information content (AvgIpc) is 3.02. The van der Waals surface area contributed by atoms with E-state index in [2.05, 4.69) is 14.9 Å². The predicted octanol–water partition coefficient (Wildman–Crippen LogP) is 2.40. The van der Waals surface area contributed by atoms with Gasteiger partial charge in [0.2, 0.25) is 0 Å². The minimum Gasteiger partial charge on any atom is -0.431 e. The molecule has 0 atom stereocenters. The fraction of sp³-hybridized carbons (Fsp3) is 0.400. The van der Waals surface area contributed by atoms with Gasteiger partial charge in [0, 0.05) is 24.7 Å². The van der Waals surface area contributed by atoms with Gasteiger partial charge in [-0.2, -0.15) is 4.98 Å². The molecule has 0 aliphatic carbocycles. The molecule has 0 radical (unpaired) electrons. The van der Waals surface area contributed by atoms with E-state index in [9.17, 15) is 0 Å². The summed E-state index contributed by atoms with van der Waals surface area (Å²) in [4.78, 5) is 10.8. The minimum atomic E-state index is 0.734. The van der Waals surface area contributed by atoms with Gasteiger partial charge in [-0.1, -0.05) is 0 Å². The van der Waals surface area contributed by atoms with Gasteiger partial charge >= 0.3 is 0 Å². The minimum absolute atomic E-state index is 0.734. The van der Waals surface area contributed by atoms with E-state index >= 15 is 0 Å². The first-order chi connectivity index (χ1) is 7.43.